The number of benzene rings is 1. The molecular formula is C14H20N2. The Balaban J connectivity index is 1.74. The van der Waals surface area contributed by atoms with Crippen LogP contribution in [0.25, 0.3) is 0 Å². The third kappa shape index (κ3) is 1.66. The molecule has 2 heteroatoms. The molecule has 3 rings (SSSR count). The van der Waals surface area contributed by atoms with Crippen LogP contribution < -0.4 is 11.1 Å². The Morgan fingerprint density at radius 2 is 2.12 bits per heavy atom. The summed E-state index contributed by atoms with van der Waals surface area (Å²) in [6.07, 6.45) is 5.71. The predicted octanol–water partition coefficient (Wildman–Crippen LogP) is 3.18. The van der Waals surface area contributed by atoms with Gasteiger partial charge in [0.05, 0.1) is 0 Å². The van der Waals surface area contributed by atoms with Crippen molar-refractivity contribution in [1.82, 2.24) is 0 Å². The minimum Gasteiger partial charge on any atom is -0.399 e. The first-order valence-electron chi connectivity index (χ1n) is 6.35. The highest BCUT2D eigenvalue weighted by molar-refractivity contribution is 5.58. The normalized spacial score (nSPS) is 31.9. The average molecular weight is 216 g/mol. The van der Waals surface area contributed by atoms with Gasteiger partial charge in [0.1, 0.15) is 0 Å². The number of rotatable bonds is 2. The van der Waals surface area contributed by atoms with Crippen LogP contribution in [-0.4, -0.2) is 6.04 Å². The lowest BCUT2D eigenvalue weighted by Crippen LogP contribution is -2.26. The van der Waals surface area contributed by atoms with Gasteiger partial charge in [-0.3, -0.25) is 0 Å². The number of anilines is 2. The average Bonchev–Trinajstić information content (AvgIpc) is 2.84. The number of nitrogens with two attached hydrogens (primary N) is 1. The first kappa shape index (κ1) is 10.0. The number of hydrogen-bond donors (Lipinski definition) is 2. The number of fused-ring (bicyclic) bond motifs is 2. The molecule has 3 unspecified atom stereocenters. The summed E-state index contributed by atoms with van der Waals surface area (Å²) in [6, 6.07) is 6.87. The van der Waals surface area contributed by atoms with Crippen molar-refractivity contribution in [3.63, 3.8) is 0 Å². The molecule has 2 nitrogen and oxygen atoms in total. The quantitative estimate of drug-likeness (QED) is 0.745. The van der Waals surface area contributed by atoms with Crippen LogP contribution in [0.1, 0.15) is 31.2 Å². The van der Waals surface area contributed by atoms with Crippen molar-refractivity contribution in [3.05, 3.63) is 23.8 Å². The van der Waals surface area contributed by atoms with Gasteiger partial charge in [0.15, 0.2) is 0 Å². The molecule has 16 heavy (non-hydrogen) atoms. The zero-order valence-corrected chi connectivity index (χ0v) is 9.87. The molecule has 0 amide bonds. The second kappa shape index (κ2) is 3.69. The molecule has 0 radical (unpaired) electrons. The molecule has 0 spiro atoms. The molecule has 3 atom stereocenters. The van der Waals surface area contributed by atoms with Crippen molar-refractivity contribution in [1.29, 1.82) is 0 Å². The molecule has 86 valence electrons. The third-order valence-electron chi connectivity index (χ3n) is 4.33. The summed E-state index contributed by atoms with van der Waals surface area (Å²) in [4.78, 5) is 0. The maximum atomic E-state index is 5.77. The molecule has 1 aromatic rings. The van der Waals surface area contributed by atoms with Crippen molar-refractivity contribution in [2.75, 3.05) is 11.1 Å². The molecule has 2 saturated carbocycles. The molecule has 0 aliphatic heterocycles. The molecule has 2 fully saturated rings. The van der Waals surface area contributed by atoms with Crippen molar-refractivity contribution >= 4 is 11.4 Å². The topological polar surface area (TPSA) is 38.0 Å². The van der Waals surface area contributed by atoms with Crippen LogP contribution >= 0.6 is 0 Å². The van der Waals surface area contributed by atoms with Crippen molar-refractivity contribution in [2.24, 2.45) is 11.8 Å². The Labute approximate surface area is 97.2 Å². The zero-order valence-electron chi connectivity index (χ0n) is 9.87. The molecule has 2 aliphatic rings. The van der Waals surface area contributed by atoms with Gasteiger partial charge in [-0.2, -0.15) is 0 Å². The Hall–Kier alpha value is -1.18. The SMILES string of the molecule is Cc1cc(N)ccc1NC1CC2CCC1C2. The van der Waals surface area contributed by atoms with Gasteiger partial charge in [-0.25, -0.2) is 0 Å². The second-order valence-corrected chi connectivity index (χ2v) is 5.50. The van der Waals surface area contributed by atoms with Crippen LogP contribution in [0.5, 0.6) is 0 Å². The molecular weight excluding hydrogens is 196 g/mol. The fourth-order valence-electron chi connectivity index (χ4n) is 3.47. The summed E-state index contributed by atoms with van der Waals surface area (Å²) in [6.45, 7) is 2.13. The minimum atomic E-state index is 0.709. The van der Waals surface area contributed by atoms with Gasteiger partial charge in [0.25, 0.3) is 0 Å². The van der Waals surface area contributed by atoms with E-state index in [1.54, 1.807) is 0 Å². The minimum absolute atomic E-state index is 0.709. The Kier molecular flexibility index (Phi) is 2.31. The third-order valence-corrected chi connectivity index (χ3v) is 4.33. The van der Waals surface area contributed by atoms with Crippen molar-refractivity contribution in [2.45, 2.75) is 38.6 Å². The summed E-state index contributed by atoms with van der Waals surface area (Å²) in [7, 11) is 0. The first-order valence-corrected chi connectivity index (χ1v) is 6.35. The van der Waals surface area contributed by atoms with E-state index >= 15 is 0 Å². The number of hydrogen-bond acceptors (Lipinski definition) is 2. The smallest absolute Gasteiger partial charge is 0.0373 e. The Morgan fingerprint density at radius 3 is 2.75 bits per heavy atom. The van der Waals surface area contributed by atoms with Crippen LogP contribution in [0.3, 0.4) is 0 Å². The summed E-state index contributed by atoms with van der Waals surface area (Å²) in [5.41, 5.74) is 9.16. The van der Waals surface area contributed by atoms with Crippen LogP contribution in [0, 0.1) is 18.8 Å². The fraction of sp³-hybridized carbons (Fsp3) is 0.571. The van der Waals surface area contributed by atoms with Crippen LogP contribution in [0.2, 0.25) is 0 Å². The lowest BCUT2D eigenvalue weighted by atomic mass is 9.95. The Morgan fingerprint density at radius 1 is 1.25 bits per heavy atom. The van der Waals surface area contributed by atoms with E-state index in [1.807, 2.05) is 6.07 Å². The van der Waals surface area contributed by atoms with Gasteiger partial charge in [0.2, 0.25) is 0 Å². The fourth-order valence-corrected chi connectivity index (χ4v) is 3.47. The van der Waals surface area contributed by atoms with Gasteiger partial charge in [-0.1, -0.05) is 6.42 Å². The number of nitrogens with one attached hydrogen (secondary N) is 1. The molecule has 0 aromatic heterocycles. The maximum Gasteiger partial charge on any atom is 0.0373 e. The highest BCUT2D eigenvalue weighted by Crippen LogP contribution is 2.45. The molecule has 0 saturated heterocycles. The van der Waals surface area contributed by atoms with E-state index in [-0.39, 0.29) is 0 Å². The lowest BCUT2D eigenvalue weighted by Gasteiger charge is -2.25. The summed E-state index contributed by atoms with van der Waals surface area (Å²) >= 11 is 0. The molecule has 1 aromatic carbocycles. The number of aryl methyl sites for hydroxylation is 1. The van der Waals surface area contributed by atoms with Gasteiger partial charge in [-0.15, -0.1) is 0 Å². The van der Waals surface area contributed by atoms with Gasteiger partial charge in [0, 0.05) is 17.4 Å². The largest absolute Gasteiger partial charge is 0.399 e. The molecule has 2 aliphatic carbocycles. The van der Waals surface area contributed by atoms with Gasteiger partial charge in [-0.05, 0) is 61.8 Å². The van der Waals surface area contributed by atoms with E-state index in [0.717, 1.165) is 17.5 Å². The van der Waals surface area contributed by atoms with Crippen LogP contribution in [0.4, 0.5) is 11.4 Å². The summed E-state index contributed by atoms with van der Waals surface area (Å²) in [5, 5.41) is 3.71. The van der Waals surface area contributed by atoms with E-state index in [2.05, 4.69) is 24.4 Å². The molecule has 2 bridgehead atoms. The summed E-state index contributed by atoms with van der Waals surface area (Å²) in [5.74, 6) is 1.92. The van der Waals surface area contributed by atoms with E-state index in [4.69, 9.17) is 5.73 Å². The highest BCUT2D eigenvalue weighted by Gasteiger charge is 2.39. The standard InChI is InChI=1S/C14H20N2/c1-9-6-12(15)4-5-13(9)16-14-8-10-2-3-11(14)7-10/h4-6,10-11,14,16H,2-3,7-8,15H2,1H3. The van der Waals surface area contributed by atoms with Crippen molar-refractivity contribution in [3.8, 4) is 0 Å². The monoisotopic (exact) mass is 216 g/mol. The van der Waals surface area contributed by atoms with Gasteiger partial charge >= 0.3 is 0 Å². The van der Waals surface area contributed by atoms with E-state index in [0.29, 0.717) is 6.04 Å². The predicted molar refractivity (Wildman–Crippen MR) is 68.5 cm³/mol. The Bertz CT molecular complexity index is 400. The second-order valence-electron chi connectivity index (χ2n) is 5.50. The molecule has 3 N–H and O–H groups in total. The van der Waals surface area contributed by atoms with E-state index in [1.165, 1.54) is 36.9 Å². The maximum absolute atomic E-state index is 5.77. The first-order chi connectivity index (χ1) is 7.72. The van der Waals surface area contributed by atoms with Crippen LogP contribution in [0.15, 0.2) is 18.2 Å². The van der Waals surface area contributed by atoms with E-state index < -0.39 is 0 Å². The van der Waals surface area contributed by atoms with Gasteiger partial charge < -0.3 is 11.1 Å². The zero-order chi connectivity index (χ0) is 11.1. The number of nitrogen functional groups attached to an aromatic ring is 1. The van der Waals surface area contributed by atoms with Crippen molar-refractivity contribution < 1.29 is 0 Å². The summed E-state index contributed by atoms with van der Waals surface area (Å²) < 4.78 is 0. The lowest BCUT2D eigenvalue weighted by molar-refractivity contribution is 0.439. The van der Waals surface area contributed by atoms with E-state index in [9.17, 15) is 0 Å². The molecule has 0 heterocycles. The highest BCUT2D eigenvalue weighted by atomic mass is 14.9. The van der Waals surface area contributed by atoms with Crippen LogP contribution in [-0.2, 0) is 0 Å².